The highest BCUT2D eigenvalue weighted by atomic mass is 16.5. The molecule has 1 fully saturated rings. The predicted octanol–water partition coefficient (Wildman–Crippen LogP) is 2.62. The maximum Gasteiger partial charge on any atom is 0.312 e. The lowest BCUT2D eigenvalue weighted by Crippen LogP contribution is -2.33. The van der Waals surface area contributed by atoms with Gasteiger partial charge < -0.3 is 29.7 Å². The van der Waals surface area contributed by atoms with Crippen LogP contribution in [-0.4, -0.2) is 62.0 Å². The molecule has 0 saturated carbocycles. The third kappa shape index (κ3) is 6.97. The maximum absolute atomic E-state index is 12.6. The Bertz CT molecular complexity index is 1120. The lowest BCUT2D eigenvalue weighted by molar-refractivity contribution is -0.157. The third-order valence-electron chi connectivity index (χ3n) is 5.80. The second kappa shape index (κ2) is 12.1. The molecular formula is C26H31N3O7. The Balaban J connectivity index is 1.48. The van der Waals surface area contributed by atoms with Gasteiger partial charge in [0.1, 0.15) is 0 Å². The summed E-state index contributed by atoms with van der Waals surface area (Å²) in [6.07, 6.45) is -0.402. The van der Waals surface area contributed by atoms with E-state index in [9.17, 15) is 19.2 Å². The van der Waals surface area contributed by atoms with E-state index in [0.717, 1.165) is 5.56 Å². The first-order valence-corrected chi connectivity index (χ1v) is 11.6. The van der Waals surface area contributed by atoms with Crippen molar-refractivity contribution in [3.05, 3.63) is 48.0 Å². The second-order valence-electron chi connectivity index (χ2n) is 8.51. The summed E-state index contributed by atoms with van der Waals surface area (Å²) < 4.78 is 15.9. The molecule has 0 radical (unpaired) electrons. The van der Waals surface area contributed by atoms with Crippen LogP contribution in [0.15, 0.2) is 42.5 Å². The number of carbonyl (C=O) groups is 4. The summed E-state index contributed by atoms with van der Waals surface area (Å²) >= 11 is 0. The number of likely N-dealkylation sites (tertiary alicyclic amines) is 1. The molecule has 2 aromatic carbocycles. The van der Waals surface area contributed by atoms with Crippen LogP contribution in [-0.2, 0) is 30.3 Å². The third-order valence-corrected chi connectivity index (χ3v) is 5.80. The number of nitrogens with one attached hydrogen (secondary N) is 2. The molecule has 1 aliphatic heterocycles. The maximum atomic E-state index is 12.6. The van der Waals surface area contributed by atoms with Gasteiger partial charge >= 0.3 is 5.97 Å². The number of carbonyl (C=O) groups excluding carboxylic acids is 4. The normalized spacial score (nSPS) is 15.7. The zero-order valence-corrected chi connectivity index (χ0v) is 20.8. The number of benzene rings is 2. The van der Waals surface area contributed by atoms with Gasteiger partial charge in [0, 0.05) is 37.8 Å². The van der Waals surface area contributed by atoms with E-state index in [-0.39, 0.29) is 24.8 Å². The van der Waals surface area contributed by atoms with Crippen molar-refractivity contribution < 1.29 is 33.4 Å². The van der Waals surface area contributed by atoms with Gasteiger partial charge in [-0.25, -0.2) is 0 Å². The van der Waals surface area contributed by atoms with Crippen LogP contribution in [0.25, 0.3) is 0 Å². The van der Waals surface area contributed by atoms with Crippen LogP contribution < -0.4 is 20.1 Å². The second-order valence-corrected chi connectivity index (χ2v) is 8.51. The number of anilines is 2. The molecule has 3 rings (SSSR count). The molecule has 1 aliphatic rings. The molecule has 1 saturated heterocycles. The van der Waals surface area contributed by atoms with Gasteiger partial charge in [-0.3, -0.25) is 19.2 Å². The molecule has 2 atom stereocenters. The van der Waals surface area contributed by atoms with Crippen LogP contribution in [0.2, 0.25) is 0 Å². The predicted molar refractivity (Wildman–Crippen MR) is 133 cm³/mol. The number of ether oxygens (including phenoxy) is 3. The SMILES string of the molecule is COc1ccc(CCN2C[C@@H](C(=O)O[C@H](C)C(=O)Nc3ccc(NC(C)=O)cc3)CC2=O)cc1OC. The zero-order chi connectivity index (χ0) is 26.2. The number of hydrogen-bond acceptors (Lipinski definition) is 7. The molecular weight excluding hydrogens is 466 g/mol. The van der Waals surface area contributed by atoms with E-state index < -0.39 is 23.9 Å². The highest BCUT2D eigenvalue weighted by Gasteiger charge is 2.36. The van der Waals surface area contributed by atoms with E-state index in [4.69, 9.17) is 14.2 Å². The van der Waals surface area contributed by atoms with E-state index in [0.29, 0.717) is 35.8 Å². The molecule has 192 valence electrons. The Morgan fingerprint density at radius 3 is 2.25 bits per heavy atom. The lowest BCUT2D eigenvalue weighted by atomic mass is 10.1. The van der Waals surface area contributed by atoms with E-state index in [1.165, 1.54) is 13.8 Å². The van der Waals surface area contributed by atoms with Crippen LogP contribution in [0.1, 0.15) is 25.8 Å². The molecule has 36 heavy (non-hydrogen) atoms. The minimum atomic E-state index is -1.04. The summed E-state index contributed by atoms with van der Waals surface area (Å²) in [6.45, 7) is 3.57. The first-order valence-electron chi connectivity index (χ1n) is 11.6. The van der Waals surface area contributed by atoms with Crippen LogP contribution in [0.4, 0.5) is 11.4 Å². The van der Waals surface area contributed by atoms with Crippen molar-refractivity contribution in [2.24, 2.45) is 5.92 Å². The fourth-order valence-corrected chi connectivity index (χ4v) is 3.85. The Labute approximate surface area is 209 Å². The number of hydrogen-bond donors (Lipinski definition) is 2. The average molecular weight is 498 g/mol. The summed E-state index contributed by atoms with van der Waals surface area (Å²) in [5, 5.41) is 5.30. The van der Waals surface area contributed by atoms with Gasteiger partial charge in [0.2, 0.25) is 11.8 Å². The Kier molecular flexibility index (Phi) is 8.88. The molecule has 0 spiro atoms. The quantitative estimate of drug-likeness (QED) is 0.484. The lowest BCUT2D eigenvalue weighted by Gasteiger charge is -2.18. The van der Waals surface area contributed by atoms with Gasteiger partial charge in [0.15, 0.2) is 17.6 Å². The van der Waals surface area contributed by atoms with Crippen molar-refractivity contribution in [3.8, 4) is 11.5 Å². The van der Waals surface area contributed by atoms with Gasteiger partial charge in [0.05, 0.1) is 20.1 Å². The fraction of sp³-hybridized carbons (Fsp3) is 0.385. The summed E-state index contributed by atoms with van der Waals surface area (Å²) in [5.41, 5.74) is 2.07. The van der Waals surface area contributed by atoms with Crippen LogP contribution in [0.3, 0.4) is 0 Å². The van der Waals surface area contributed by atoms with E-state index in [2.05, 4.69) is 10.6 Å². The Hall–Kier alpha value is -4.08. The molecule has 0 aliphatic carbocycles. The van der Waals surface area contributed by atoms with Crippen LogP contribution >= 0.6 is 0 Å². The molecule has 2 aromatic rings. The van der Waals surface area contributed by atoms with Crippen molar-refractivity contribution in [3.63, 3.8) is 0 Å². The number of esters is 1. The average Bonchev–Trinajstić information content (AvgIpc) is 3.23. The summed E-state index contributed by atoms with van der Waals surface area (Å²) in [7, 11) is 3.13. The highest BCUT2D eigenvalue weighted by molar-refractivity contribution is 5.96. The standard InChI is InChI=1S/C26H31N3O7/c1-16(25(32)28-21-8-6-20(7-9-21)27-17(2)30)36-26(33)19-14-24(31)29(15-19)12-11-18-5-10-22(34-3)23(13-18)35-4/h5-10,13,16,19H,11-12,14-15H2,1-4H3,(H,27,30)(H,28,32)/t16-,19+/m1/s1. The Morgan fingerprint density at radius 2 is 1.64 bits per heavy atom. The number of rotatable bonds is 10. The number of methoxy groups -OCH3 is 2. The van der Waals surface area contributed by atoms with Gasteiger partial charge in [-0.1, -0.05) is 6.07 Å². The molecule has 0 bridgehead atoms. The molecule has 2 N–H and O–H groups in total. The van der Waals surface area contributed by atoms with Crippen molar-refractivity contribution in [1.29, 1.82) is 0 Å². The summed E-state index contributed by atoms with van der Waals surface area (Å²) in [6, 6.07) is 12.1. The van der Waals surface area contributed by atoms with E-state index in [1.807, 2.05) is 18.2 Å². The van der Waals surface area contributed by atoms with E-state index >= 15 is 0 Å². The summed E-state index contributed by atoms with van der Waals surface area (Å²) in [4.78, 5) is 50.3. The minimum Gasteiger partial charge on any atom is -0.493 e. The largest absolute Gasteiger partial charge is 0.493 e. The van der Waals surface area contributed by atoms with Gasteiger partial charge in [-0.15, -0.1) is 0 Å². The first-order chi connectivity index (χ1) is 17.2. The number of nitrogens with zero attached hydrogens (tertiary/aromatic N) is 1. The van der Waals surface area contributed by atoms with Gasteiger partial charge in [-0.05, 0) is 55.3 Å². The Morgan fingerprint density at radius 1 is 1.00 bits per heavy atom. The molecule has 10 heteroatoms. The number of amides is 3. The molecule has 3 amide bonds. The summed E-state index contributed by atoms with van der Waals surface area (Å²) in [5.74, 6) is -0.798. The van der Waals surface area contributed by atoms with Crippen LogP contribution in [0.5, 0.6) is 11.5 Å². The smallest absolute Gasteiger partial charge is 0.312 e. The van der Waals surface area contributed by atoms with Gasteiger partial charge in [-0.2, -0.15) is 0 Å². The zero-order valence-electron chi connectivity index (χ0n) is 20.8. The highest BCUT2D eigenvalue weighted by Crippen LogP contribution is 2.28. The van der Waals surface area contributed by atoms with Crippen molar-refractivity contribution in [2.45, 2.75) is 32.8 Å². The van der Waals surface area contributed by atoms with Crippen LogP contribution in [0, 0.1) is 5.92 Å². The van der Waals surface area contributed by atoms with Crippen molar-refractivity contribution in [2.75, 3.05) is 37.9 Å². The van der Waals surface area contributed by atoms with Crippen molar-refractivity contribution in [1.82, 2.24) is 4.90 Å². The molecule has 10 nitrogen and oxygen atoms in total. The minimum absolute atomic E-state index is 0.0454. The first kappa shape index (κ1) is 26.5. The fourth-order valence-electron chi connectivity index (χ4n) is 3.85. The van der Waals surface area contributed by atoms with E-state index in [1.54, 1.807) is 43.4 Å². The topological polar surface area (TPSA) is 123 Å². The van der Waals surface area contributed by atoms with Gasteiger partial charge in [0.25, 0.3) is 5.91 Å². The molecule has 0 unspecified atom stereocenters. The van der Waals surface area contributed by atoms with Crippen molar-refractivity contribution >= 4 is 35.1 Å². The molecule has 1 heterocycles. The molecule has 0 aromatic heterocycles. The monoisotopic (exact) mass is 497 g/mol.